The van der Waals surface area contributed by atoms with Crippen LogP contribution in [0.15, 0.2) is 0 Å². The summed E-state index contributed by atoms with van der Waals surface area (Å²) in [4.78, 5) is 16.9. The second-order valence-electron chi connectivity index (χ2n) is 6.27. The third-order valence-corrected chi connectivity index (χ3v) is 4.84. The summed E-state index contributed by atoms with van der Waals surface area (Å²) < 4.78 is 0. The van der Waals surface area contributed by atoms with Crippen LogP contribution in [0.25, 0.3) is 0 Å². The van der Waals surface area contributed by atoms with Crippen LogP contribution in [0.3, 0.4) is 0 Å². The molecule has 2 saturated heterocycles. The summed E-state index contributed by atoms with van der Waals surface area (Å²) >= 11 is 0. The summed E-state index contributed by atoms with van der Waals surface area (Å²) in [7, 11) is 2.22. The Morgan fingerprint density at radius 2 is 2.16 bits per heavy atom. The third kappa shape index (κ3) is 3.48. The molecule has 0 saturated carbocycles. The maximum Gasteiger partial charge on any atom is 0.239 e. The number of unbranched alkanes of at least 4 members (excludes halogenated alkanes) is 1. The predicted molar refractivity (Wildman–Crippen MR) is 77.8 cm³/mol. The first-order valence-corrected chi connectivity index (χ1v) is 7.88. The van der Waals surface area contributed by atoms with E-state index in [-0.39, 0.29) is 11.9 Å². The van der Waals surface area contributed by atoms with Crippen molar-refractivity contribution in [3.63, 3.8) is 0 Å². The van der Waals surface area contributed by atoms with Gasteiger partial charge < -0.3 is 15.5 Å². The van der Waals surface area contributed by atoms with Gasteiger partial charge in [-0.15, -0.1) is 0 Å². The standard InChI is InChI=1S/C15H29N3O/c1-3-4-7-13(16)15(19)18-10-8-14-12(11-18)6-5-9-17(14)2/h12-14H,3-11,16H2,1-2H3/t12?,13-,14?/m0/s1. The van der Waals surface area contributed by atoms with E-state index in [2.05, 4.69) is 18.9 Å². The van der Waals surface area contributed by atoms with Crippen molar-refractivity contribution in [1.29, 1.82) is 0 Å². The maximum atomic E-state index is 12.3. The van der Waals surface area contributed by atoms with Gasteiger partial charge in [0.05, 0.1) is 6.04 Å². The SMILES string of the molecule is CCCC[C@H](N)C(=O)N1CCC2C(CCCN2C)C1. The summed E-state index contributed by atoms with van der Waals surface area (Å²) in [5.74, 6) is 0.843. The molecule has 0 spiro atoms. The van der Waals surface area contributed by atoms with E-state index in [0.29, 0.717) is 12.0 Å². The number of rotatable bonds is 4. The van der Waals surface area contributed by atoms with Crippen molar-refractivity contribution >= 4 is 5.91 Å². The summed E-state index contributed by atoms with van der Waals surface area (Å²) in [6.45, 7) is 5.17. The number of nitrogens with zero attached hydrogens (tertiary/aromatic N) is 2. The number of carbonyl (C=O) groups is 1. The lowest BCUT2D eigenvalue weighted by atomic mass is 9.84. The van der Waals surface area contributed by atoms with Crippen molar-refractivity contribution in [3.05, 3.63) is 0 Å². The molecule has 2 N–H and O–H groups in total. The van der Waals surface area contributed by atoms with Crippen molar-refractivity contribution in [2.75, 3.05) is 26.7 Å². The van der Waals surface area contributed by atoms with Crippen LogP contribution in [0, 0.1) is 5.92 Å². The van der Waals surface area contributed by atoms with Crippen molar-refractivity contribution in [1.82, 2.24) is 9.80 Å². The molecular weight excluding hydrogens is 238 g/mol. The highest BCUT2D eigenvalue weighted by atomic mass is 16.2. The van der Waals surface area contributed by atoms with Crippen LogP contribution in [-0.2, 0) is 4.79 Å². The molecule has 19 heavy (non-hydrogen) atoms. The van der Waals surface area contributed by atoms with Gasteiger partial charge in [0.2, 0.25) is 5.91 Å². The molecule has 0 aromatic heterocycles. The number of amides is 1. The second-order valence-corrected chi connectivity index (χ2v) is 6.27. The number of hydrogen-bond acceptors (Lipinski definition) is 3. The Kier molecular flexibility index (Phi) is 5.22. The zero-order valence-electron chi connectivity index (χ0n) is 12.5. The van der Waals surface area contributed by atoms with E-state index in [4.69, 9.17) is 5.73 Å². The number of fused-ring (bicyclic) bond motifs is 1. The zero-order chi connectivity index (χ0) is 13.8. The Hall–Kier alpha value is -0.610. The monoisotopic (exact) mass is 267 g/mol. The molecule has 2 fully saturated rings. The van der Waals surface area contributed by atoms with E-state index in [9.17, 15) is 4.79 Å². The number of nitrogens with two attached hydrogens (primary N) is 1. The van der Waals surface area contributed by atoms with Crippen LogP contribution in [0.4, 0.5) is 0 Å². The van der Waals surface area contributed by atoms with Crippen molar-refractivity contribution in [2.45, 2.75) is 57.5 Å². The molecule has 4 nitrogen and oxygen atoms in total. The number of piperidine rings is 2. The first-order valence-electron chi connectivity index (χ1n) is 7.88. The largest absolute Gasteiger partial charge is 0.341 e. The van der Waals surface area contributed by atoms with Gasteiger partial charge in [-0.3, -0.25) is 4.79 Å². The molecule has 0 aliphatic carbocycles. The molecule has 2 aliphatic rings. The minimum atomic E-state index is -0.280. The Labute approximate surface area is 117 Å². The molecule has 1 amide bonds. The molecule has 3 atom stereocenters. The van der Waals surface area contributed by atoms with Crippen LogP contribution >= 0.6 is 0 Å². The van der Waals surface area contributed by atoms with Crippen LogP contribution < -0.4 is 5.73 Å². The van der Waals surface area contributed by atoms with Crippen molar-refractivity contribution < 1.29 is 4.79 Å². The Bertz CT molecular complexity index is 308. The minimum absolute atomic E-state index is 0.181. The molecule has 0 aromatic rings. The normalized spacial score (nSPS) is 29.9. The van der Waals surface area contributed by atoms with E-state index >= 15 is 0 Å². The Balaban J connectivity index is 1.87. The molecule has 110 valence electrons. The van der Waals surface area contributed by atoms with Crippen LogP contribution in [-0.4, -0.2) is 54.5 Å². The molecule has 2 heterocycles. The first kappa shape index (κ1) is 14.8. The lowest BCUT2D eigenvalue weighted by Gasteiger charge is -2.46. The van der Waals surface area contributed by atoms with Crippen molar-refractivity contribution in [3.8, 4) is 0 Å². The Morgan fingerprint density at radius 1 is 1.37 bits per heavy atom. The van der Waals surface area contributed by atoms with Crippen molar-refractivity contribution in [2.24, 2.45) is 11.7 Å². The highest BCUT2D eigenvalue weighted by molar-refractivity contribution is 5.81. The molecular formula is C15H29N3O. The van der Waals surface area contributed by atoms with Gasteiger partial charge in [-0.1, -0.05) is 19.8 Å². The van der Waals surface area contributed by atoms with E-state index in [1.165, 1.54) is 19.4 Å². The predicted octanol–water partition coefficient (Wildman–Crippen LogP) is 1.45. The summed E-state index contributed by atoms with van der Waals surface area (Å²) in [6, 6.07) is 0.405. The van der Waals surface area contributed by atoms with E-state index in [0.717, 1.165) is 38.8 Å². The van der Waals surface area contributed by atoms with Gasteiger partial charge in [-0.05, 0) is 45.2 Å². The van der Waals surface area contributed by atoms with E-state index < -0.39 is 0 Å². The van der Waals surface area contributed by atoms with Gasteiger partial charge in [0.15, 0.2) is 0 Å². The molecule has 2 rings (SSSR count). The molecule has 0 bridgehead atoms. The fourth-order valence-electron chi connectivity index (χ4n) is 3.63. The van der Waals surface area contributed by atoms with Gasteiger partial charge in [0, 0.05) is 19.1 Å². The first-order chi connectivity index (χ1) is 9.13. The average Bonchev–Trinajstić information content (AvgIpc) is 2.43. The second kappa shape index (κ2) is 6.71. The lowest BCUT2D eigenvalue weighted by Crippen LogP contribution is -2.56. The Morgan fingerprint density at radius 3 is 2.89 bits per heavy atom. The van der Waals surface area contributed by atoms with Crippen LogP contribution in [0.5, 0.6) is 0 Å². The maximum absolute atomic E-state index is 12.3. The van der Waals surface area contributed by atoms with Gasteiger partial charge in [0.1, 0.15) is 0 Å². The number of carbonyl (C=O) groups excluding carboxylic acids is 1. The topological polar surface area (TPSA) is 49.6 Å². The zero-order valence-corrected chi connectivity index (χ0v) is 12.5. The fraction of sp³-hybridized carbons (Fsp3) is 0.933. The summed E-state index contributed by atoms with van der Waals surface area (Å²) in [5, 5.41) is 0. The fourth-order valence-corrected chi connectivity index (χ4v) is 3.63. The summed E-state index contributed by atoms with van der Waals surface area (Å²) in [5.41, 5.74) is 6.03. The molecule has 2 unspecified atom stereocenters. The van der Waals surface area contributed by atoms with Gasteiger partial charge in [-0.25, -0.2) is 0 Å². The third-order valence-electron chi connectivity index (χ3n) is 4.84. The number of likely N-dealkylation sites (tertiary alicyclic amines) is 2. The van der Waals surface area contributed by atoms with E-state index in [1.54, 1.807) is 0 Å². The van der Waals surface area contributed by atoms with Crippen LogP contribution in [0.2, 0.25) is 0 Å². The summed E-state index contributed by atoms with van der Waals surface area (Å²) in [6.07, 6.45) is 6.64. The lowest BCUT2D eigenvalue weighted by molar-refractivity contribution is -0.136. The molecule has 2 aliphatic heterocycles. The minimum Gasteiger partial charge on any atom is -0.341 e. The smallest absolute Gasteiger partial charge is 0.239 e. The number of hydrogen-bond donors (Lipinski definition) is 1. The van der Waals surface area contributed by atoms with Gasteiger partial charge >= 0.3 is 0 Å². The van der Waals surface area contributed by atoms with Gasteiger partial charge in [-0.2, -0.15) is 0 Å². The molecule has 4 heteroatoms. The van der Waals surface area contributed by atoms with Gasteiger partial charge in [0.25, 0.3) is 0 Å². The van der Waals surface area contributed by atoms with E-state index in [1.807, 2.05) is 4.90 Å². The highest BCUT2D eigenvalue weighted by Crippen LogP contribution is 2.29. The molecule has 0 aromatic carbocycles. The average molecular weight is 267 g/mol. The quantitative estimate of drug-likeness (QED) is 0.838. The molecule has 0 radical (unpaired) electrons. The highest BCUT2D eigenvalue weighted by Gasteiger charge is 2.36. The van der Waals surface area contributed by atoms with Crippen LogP contribution in [0.1, 0.15) is 45.4 Å².